The zero-order valence-corrected chi connectivity index (χ0v) is 9.60. The van der Waals surface area contributed by atoms with Gasteiger partial charge in [0, 0.05) is 11.1 Å². The number of carbonyl (C=O) groups excluding carboxylic acids is 1. The van der Waals surface area contributed by atoms with E-state index in [0.29, 0.717) is 5.56 Å². The van der Waals surface area contributed by atoms with Gasteiger partial charge in [0.25, 0.3) is 0 Å². The minimum absolute atomic E-state index is 0.145. The van der Waals surface area contributed by atoms with Crippen LogP contribution in [-0.4, -0.2) is 5.78 Å². The van der Waals surface area contributed by atoms with Gasteiger partial charge >= 0.3 is 0 Å². The predicted octanol–water partition coefficient (Wildman–Crippen LogP) is 3.23. The molecule has 0 saturated heterocycles. The average molecular weight is 220 g/mol. The third-order valence-corrected chi connectivity index (χ3v) is 2.41. The lowest BCUT2D eigenvalue weighted by atomic mass is 10.1. The first kappa shape index (κ1) is 11.2. The smallest absolute Gasteiger partial charge is 0.236 e. The molecule has 1 heteroatoms. The van der Waals surface area contributed by atoms with Gasteiger partial charge in [-0.15, -0.1) is 0 Å². The molecule has 0 N–H and O–H groups in total. The molecule has 2 aromatic rings. The Labute approximate surface area is 101 Å². The van der Waals surface area contributed by atoms with Crippen molar-refractivity contribution < 1.29 is 4.79 Å². The number of rotatable bonds is 1. The molecule has 0 spiro atoms. The molecule has 0 unspecified atom stereocenters. The molecule has 0 amide bonds. The summed E-state index contributed by atoms with van der Waals surface area (Å²) in [6.07, 6.45) is 0. The maximum absolute atomic E-state index is 11.8. The molecule has 0 bridgehead atoms. The van der Waals surface area contributed by atoms with Gasteiger partial charge in [-0.3, -0.25) is 4.79 Å². The lowest BCUT2D eigenvalue weighted by Gasteiger charge is -1.94. The standard InChI is InChI=1S/C16H12O/c1-13-7-10-15(11-8-13)16(17)12-9-14-5-3-2-4-6-14/h2-8,10-11H,1H3. The van der Waals surface area contributed by atoms with Crippen LogP contribution < -0.4 is 0 Å². The highest BCUT2D eigenvalue weighted by molar-refractivity contribution is 6.09. The van der Waals surface area contributed by atoms with Crippen molar-refractivity contribution in [2.24, 2.45) is 0 Å². The Bertz CT molecular complexity index is 568. The molecule has 2 rings (SSSR count). The first-order chi connectivity index (χ1) is 8.25. The number of carbonyl (C=O) groups is 1. The van der Waals surface area contributed by atoms with Crippen LogP contribution in [-0.2, 0) is 0 Å². The van der Waals surface area contributed by atoms with E-state index in [2.05, 4.69) is 11.8 Å². The third kappa shape index (κ3) is 3.06. The Morgan fingerprint density at radius 3 is 2.24 bits per heavy atom. The first-order valence-corrected chi connectivity index (χ1v) is 5.44. The molecule has 17 heavy (non-hydrogen) atoms. The van der Waals surface area contributed by atoms with E-state index in [-0.39, 0.29) is 5.78 Å². The molecule has 0 saturated carbocycles. The minimum atomic E-state index is -0.145. The Morgan fingerprint density at radius 2 is 1.59 bits per heavy atom. The summed E-state index contributed by atoms with van der Waals surface area (Å²) in [6, 6.07) is 16.9. The summed E-state index contributed by atoms with van der Waals surface area (Å²) in [5.41, 5.74) is 2.63. The number of aryl methyl sites for hydroxylation is 1. The van der Waals surface area contributed by atoms with Gasteiger partial charge in [-0.1, -0.05) is 53.9 Å². The Hall–Kier alpha value is -2.33. The molecule has 0 aromatic heterocycles. The van der Waals surface area contributed by atoms with Gasteiger partial charge in [0.2, 0.25) is 5.78 Å². The molecule has 0 heterocycles. The normalized spacial score (nSPS) is 9.24. The fourth-order valence-corrected chi connectivity index (χ4v) is 1.43. The van der Waals surface area contributed by atoms with Crippen LogP contribution in [0.2, 0.25) is 0 Å². The Kier molecular flexibility index (Phi) is 3.37. The zero-order valence-electron chi connectivity index (χ0n) is 9.60. The van der Waals surface area contributed by atoms with E-state index in [1.54, 1.807) is 12.1 Å². The number of ketones is 1. The average Bonchev–Trinajstić information content (AvgIpc) is 2.38. The second-order valence-electron chi connectivity index (χ2n) is 3.81. The van der Waals surface area contributed by atoms with Crippen LogP contribution >= 0.6 is 0 Å². The molecule has 0 aliphatic carbocycles. The van der Waals surface area contributed by atoms with Gasteiger partial charge in [0.1, 0.15) is 0 Å². The van der Waals surface area contributed by atoms with Crippen LogP contribution in [0.15, 0.2) is 54.6 Å². The predicted molar refractivity (Wildman–Crippen MR) is 68.8 cm³/mol. The highest BCUT2D eigenvalue weighted by Gasteiger charge is 2.00. The molecule has 2 aromatic carbocycles. The van der Waals surface area contributed by atoms with E-state index in [0.717, 1.165) is 11.1 Å². The van der Waals surface area contributed by atoms with E-state index in [9.17, 15) is 4.79 Å². The van der Waals surface area contributed by atoms with Crippen LogP contribution in [0.25, 0.3) is 0 Å². The van der Waals surface area contributed by atoms with Crippen molar-refractivity contribution in [1.29, 1.82) is 0 Å². The van der Waals surface area contributed by atoms with Crippen molar-refractivity contribution in [3.8, 4) is 11.8 Å². The summed E-state index contributed by atoms with van der Waals surface area (Å²) < 4.78 is 0. The number of Topliss-reactive ketones (excluding diaryl/α,β-unsaturated/α-hetero) is 1. The van der Waals surface area contributed by atoms with Crippen molar-refractivity contribution in [2.75, 3.05) is 0 Å². The van der Waals surface area contributed by atoms with Crippen molar-refractivity contribution in [3.63, 3.8) is 0 Å². The summed E-state index contributed by atoms with van der Waals surface area (Å²) in [5, 5.41) is 0. The van der Waals surface area contributed by atoms with E-state index >= 15 is 0 Å². The largest absolute Gasteiger partial charge is 0.279 e. The van der Waals surface area contributed by atoms with Crippen LogP contribution in [0, 0.1) is 18.8 Å². The fourth-order valence-electron chi connectivity index (χ4n) is 1.43. The summed E-state index contributed by atoms with van der Waals surface area (Å²) in [4.78, 5) is 11.8. The second kappa shape index (κ2) is 5.14. The maximum atomic E-state index is 11.8. The van der Waals surface area contributed by atoms with Crippen molar-refractivity contribution in [3.05, 3.63) is 71.3 Å². The van der Waals surface area contributed by atoms with E-state index in [1.165, 1.54) is 0 Å². The quantitative estimate of drug-likeness (QED) is 0.532. The van der Waals surface area contributed by atoms with E-state index < -0.39 is 0 Å². The molecule has 0 atom stereocenters. The first-order valence-electron chi connectivity index (χ1n) is 5.44. The Balaban J connectivity index is 2.18. The lowest BCUT2D eigenvalue weighted by Crippen LogP contribution is -1.94. The molecule has 0 aliphatic rings. The minimum Gasteiger partial charge on any atom is -0.279 e. The summed E-state index contributed by atoms with van der Waals surface area (Å²) in [7, 11) is 0. The van der Waals surface area contributed by atoms with Gasteiger partial charge in [0.15, 0.2) is 0 Å². The van der Waals surface area contributed by atoms with E-state index in [1.807, 2.05) is 49.4 Å². The zero-order chi connectivity index (χ0) is 12.1. The third-order valence-electron chi connectivity index (χ3n) is 2.41. The lowest BCUT2D eigenvalue weighted by molar-refractivity contribution is 0.105. The molecular formula is C16H12O. The molecule has 1 nitrogen and oxygen atoms in total. The highest BCUT2D eigenvalue weighted by atomic mass is 16.1. The van der Waals surface area contributed by atoms with Gasteiger partial charge in [0.05, 0.1) is 0 Å². The van der Waals surface area contributed by atoms with Gasteiger partial charge < -0.3 is 0 Å². The van der Waals surface area contributed by atoms with Gasteiger partial charge in [-0.25, -0.2) is 0 Å². The summed E-state index contributed by atoms with van der Waals surface area (Å²) in [5.74, 6) is 5.36. The molecule has 0 aliphatic heterocycles. The van der Waals surface area contributed by atoms with Crippen molar-refractivity contribution >= 4 is 5.78 Å². The van der Waals surface area contributed by atoms with Crippen LogP contribution in [0.1, 0.15) is 21.5 Å². The van der Waals surface area contributed by atoms with Crippen LogP contribution in [0.4, 0.5) is 0 Å². The Morgan fingerprint density at radius 1 is 0.941 bits per heavy atom. The monoisotopic (exact) mass is 220 g/mol. The molecule has 0 radical (unpaired) electrons. The van der Waals surface area contributed by atoms with Crippen molar-refractivity contribution in [2.45, 2.75) is 6.92 Å². The SMILES string of the molecule is Cc1ccc(C(=O)C#Cc2ccccc2)cc1. The molecular weight excluding hydrogens is 208 g/mol. The maximum Gasteiger partial charge on any atom is 0.236 e. The fraction of sp³-hybridized carbons (Fsp3) is 0.0625. The van der Waals surface area contributed by atoms with Crippen LogP contribution in [0.3, 0.4) is 0 Å². The van der Waals surface area contributed by atoms with Gasteiger partial charge in [-0.2, -0.15) is 0 Å². The second-order valence-corrected chi connectivity index (χ2v) is 3.81. The molecule has 0 fully saturated rings. The number of hydrogen-bond acceptors (Lipinski definition) is 1. The number of hydrogen-bond donors (Lipinski definition) is 0. The highest BCUT2D eigenvalue weighted by Crippen LogP contribution is 2.03. The summed E-state index contributed by atoms with van der Waals surface area (Å²) in [6.45, 7) is 1.99. The van der Waals surface area contributed by atoms with Gasteiger partial charge in [-0.05, 0) is 25.0 Å². The number of benzene rings is 2. The van der Waals surface area contributed by atoms with Crippen molar-refractivity contribution in [1.82, 2.24) is 0 Å². The topological polar surface area (TPSA) is 17.1 Å². The summed E-state index contributed by atoms with van der Waals surface area (Å²) >= 11 is 0. The molecule has 82 valence electrons. The van der Waals surface area contributed by atoms with Crippen LogP contribution in [0.5, 0.6) is 0 Å². The van der Waals surface area contributed by atoms with E-state index in [4.69, 9.17) is 0 Å².